The second kappa shape index (κ2) is 12.0. The summed E-state index contributed by atoms with van der Waals surface area (Å²) in [6, 6.07) is 0.0718. The van der Waals surface area contributed by atoms with Crippen LogP contribution in [-0.4, -0.2) is 104 Å². The number of aldehydes is 1. The van der Waals surface area contributed by atoms with Gasteiger partial charge < -0.3 is 19.5 Å². The lowest BCUT2D eigenvalue weighted by atomic mass is 10.2. The van der Waals surface area contributed by atoms with Gasteiger partial charge in [-0.15, -0.1) is 0 Å². The third kappa shape index (κ3) is 7.29. The summed E-state index contributed by atoms with van der Waals surface area (Å²) in [6.45, 7) is 20.8. The molecule has 23 heavy (non-hydrogen) atoms. The largest absolute Gasteiger partial charge is 0.302 e. The first kappa shape index (κ1) is 20.6. The van der Waals surface area contributed by atoms with Crippen LogP contribution in [0.25, 0.3) is 0 Å². The van der Waals surface area contributed by atoms with Crippen molar-refractivity contribution < 1.29 is 4.79 Å². The van der Waals surface area contributed by atoms with E-state index in [4.69, 9.17) is 0 Å². The Morgan fingerprint density at radius 1 is 0.696 bits per heavy atom. The van der Waals surface area contributed by atoms with Crippen LogP contribution in [0.15, 0.2) is 0 Å². The van der Waals surface area contributed by atoms with Gasteiger partial charge in [-0.25, -0.2) is 0 Å². The van der Waals surface area contributed by atoms with E-state index in [9.17, 15) is 4.79 Å². The van der Waals surface area contributed by atoms with Gasteiger partial charge in [0.1, 0.15) is 6.29 Å². The molecule has 0 aliphatic carbocycles. The monoisotopic (exact) mass is 326 g/mol. The van der Waals surface area contributed by atoms with Gasteiger partial charge in [0.05, 0.1) is 6.04 Å². The van der Waals surface area contributed by atoms with E-state index in [1.54, 1.807) is 0 Å². The molecule has 0 aromatic rings. The Labute approximate surface area is 143 Å². The Hall–Kier alpha value is -0.490. The molecule has 0 radical (unpaired) electrons. The summed E-state index contributed by atoms with van der Waals surface area (Å²) < 4.78 is 0. The predicted octanol–water partition coefficient (Wildman–Crippen LogP) is 1.25. The maximum atomic E-state index is 11.4. The van der Waals surface area contributed by atoms with Gasteiger partial charge in [-0.2, -0.15) is 0 Å². The van der Waals surface area contributed by atoms with Crippen molar-refractivity contribution in [1.82, 2.24) is 19.6 Å². The van der Waals surface area contributed by atoms with Crippen LogP contribution in [0.5, 0.6) is 0 Å². The molecule has 5 heteroatoms. The quantitative estimate of drug-likeness (QED) is 0.686. The zero-order valence-corrected chi connectivity index (χ0v) is 15.8. The molecule has 5 nitrogen and oxygen atoms in total. The fraction of sp³-hybridized carbons (Fsp3) is 0.944. The molecule has 1 heterocycles. The molecule has 0 saturated carbocycles. The van der Waals surface area contributed by atoms with Gasteiger partial charge in [0, 0.05) is 52.4 Å². The molecule has 1 saturated heterocycles. The highest BCUT2D eigenvalue weighted by Gasteiger charge is 2.19. The molecule has 1 atom stereocenters. The van der Waals surface area contributed by atoms with Crippen molar-refractivity contribution >= 4 is 6.29 Å². The summed E-state index contributed by atoms with van der Waals surface area (Å²) in [7, 11) is 0. The van der Waals surface area contributed by atoms with E-state index in [1.807, 2.05) is 0 Å². The molecular weight excluding hydrogens is 288 g/mol. The average Bonchev–Trinajstić information content (AvgIpc) is 2.58. The number of nitrogens with zero attached hydrogens (tertiary/aromatic N) is 4. The lowest BCUT2D eigenvalue weighted by Gasteiger charge is -2.35. The van der Waals surface area contributed by atoms with Gasteiger partial charge in [-0.1, -0.05) is 27.7 Å². The molecule has 0 amide bonds. The fourth-order valence-electron chi connectivity index (χ4n) is 3.27. The van der Waals surface area contributed by atoms with Crippen LogP contribution in [0.4, 0.5) is 0 Å². The standard InChI is InChI=1S/C18H38N4O/c1-5-18(17-23)22-15-13-20(7-3)11-9-19(6-2)10-12-21(8-4)14-16-22/h17-18H,5-16H2,1-4H3. The molecule has 136 valence electrons. The van der Waals surface area contributed by atoms with Crippen molar-refractivity contribution in [1.29, 1.82) is 0 Å². The highest BCUT2D eigenvalue weighted by atomic mass is 16.1. The smallest absolute Gasteiger partial charge is 0.137 e. The molecular formula is C18H38N4O. The van der Waals surface area contributed by atoms with E-state index < -0.39 is 0 Å². The van der Waals surface area contributed by atoms with E-state index in [0.29, 0.717) is 0 Å². The Morgan fingerprint density at radius 2 is 1.04 bits per heavy atom. The van der Waals surface area contributed by atoms with E-state index in [2.05, 4.69) is 47.3 Å². The van der Waals surface area contributed by atoms with Gasteiger partial charge in [0.15, 0.2) is 0 Å². The van der Waals surface area contributed by atoms with Crippen molar-refractivity contribution in [2.24, 2.45) is 0 Å². The maximum absolute atomic E-state index is 11.4. The minimum atomic E-state index is 0.0718. The van der Waals surface area contributed by atoms with Crippen molar-refractivity contribution in [2.45, 2.75) is 40.2 Å². The fourth-order valence-corrected chi connectivity index (χ4v) is 3.27. The lowest BCUT2D eigenvalue weighted by molar-refractivity contribution is -0.112. The Kier molecular flexibility index (Phi) is 10.7. The first-order valence-electron chi connectivity index (χ1n) is 9.54. The highest BCUT2D eigenvalue weighted by Crippen LogP contribution is 2.05. The summed E-state index contributed by atoms with van der Waals surface area (Å²) in [5.41, 5.74) is 0. The second-order valence-electron chi connectivity index (χ2n) is 6.45. The molecule has 0 bridgehead atoms. The third-order valence-electron chi connectivity index (χ3n) is 5.26. The topological polar surface area (TPSA) is 30.0 Å². The maximum Gasteiger partial charge on any atom is 0.137 e. The minimum absolute atomic E-state index is 0.0718. The van der Waals surface area contributed by atoms with E-state index >= 15 is 0 Å². The molecule has 1 fully saturated rings. The number of hydrogen-bond acceptors (Lipinski definition) is 5. The molecule has 0 aromatic heterocycles. The SMILES string of the molecule is CCC(C=O)N1CCN(CC)CCN(CC)CCN(CC)CC1. The number of carbonyl (C=O) groups is 1. The first-order chi connectivity index (χ1) is 11.2. The Balaban J connectivity index is 2.75. The van der Waals surface area contributed by atoms with Gasteiger partial charge in [0.2, 0.25) is 0 Å². The van der Waals surface area contributed by atoms with Crippen LogP contribution in [0.3, 0.4) is 0 Å². The third-order valence-corrected chi connectivity index (χ3v) is 5.26. The van der Waals surface area contributed by atoms with E-state index in [-0.39, 0.29) is 6.04 Å². The number of likely N-dealkylation sites (N-methyl/N-ethyl adjacent to an activating group) is 3. The number of carbonyl (C=O) groups excluding carboxylic acids is 1. The molecule has 0 N–H and O–H groups in total. The minimum Gasteiger partial charge on any atom is -0.302 e. The zero-order chi connectivity index (χ0) is 17.1. The van der Waals surface area contributed by atoms with Gasteiger partial charge >= 0.3 is 0 Å². The van der Waals surface area contributed by atoms with Crippen LogP contribution in [0.2, 0.25) is 0 Å². The van der Waals surface area contributed by atoms with Crippen molar-refractivity contribution in [3.05, 3.63) is 0 Å². The van der Waals surface area contributed by atoms with Crippen molar-refractivity contribution in [2.75, 3.05) is 72.0 Å². The van der Waals surface area contributed by atoms with Gasteiger partial charge in [-0.05, 0) is 26.1 Å². The van der Waals surface area contributed by atoms with Crippen LogP contribution in [0, 0.1) is 0 Å². The Bertz CT molecular complexity index is 293. The van der Waals surface area contributed by atoms with Crippen molar-refractivity contribution in [3.8, 4) is 0 Å². The highest BCUT2D eigenvalue weighted by molar-refractivity contribution is 5.57. The summed E-state index contributed by atoms with van der Waals surface area (Å²) in [5.74, 6) is 0. The summed E-state index contributed by atoms with van der Waals surface area (Å²) in [4.78, 5) is 21.4. The van der Waals surface area contributed by atoms with Crippen molar-refractivity contribution in [3.63, 3.8) is 0 Å². The predicted molar refractivity (Wildman–Crippen MR) is 98.1 cm³/mol. The lowest BCUT2D eigenvalue weighted by Crippen LogP contribution is -2.48. The van der Waals surface area contributed by atoms with Crippen LogP contribution in [0.1, 0.15) is 34.1 Å². The van der Waals surface area contributed by atoms with Crippen LogP contribution in [-0.2, 0) is 4.79 Å². The first-order valence-corrected chi connectivity index (χ1v) is 9.54. The second-order valence-corrected chi connectivity index (χ2v) is 6.45. The van der Waals surface area contributed by atoms with E-state index in [1.165, 1.54) is 0 Å². The normalized spacial score (nSPS) is 23.1. The summed E-state index contributed by atoms with van der Waals surface area (Å²) in [5, 5.41) is 0. The average molecular weight is 327 g/mol. The van der Waals surface area contributed by atoms with Gasteiger partial charge in [0.25, 0.3) is 0 Å². The summed E-state index contributed by atoms with van der Waals surface area (Å²) in [6.07, 6.45) is 2.04. The molecule has 0 spiro atoms. The van der Waals surface area contributed by atoms with Crippen LogP contribution >= 0.6 is 0 Å². The van der Waals surface area contributed by atoms with E-state index in [0.717, 1.165) is 84.7 Å². The molecule has 1 aliphatic heterocycles. The van der Waals surface area contributed by atoms with Gasteiger partial charge in [-0.3, -0.25) is 4.90 Å². The molecule has 1 aliphatic rings. The number of hydrogen-bond donors (Lipinski definition) is 0. The zero-order valence-electron chi connectivity index (χ0n) is 15.8. The summed E-state index contributed by atoms with van der Waals surface area (Å²) >= 11 is 0. The Morgan fingerprint density at radius 3 is 1.30 bits per heavy atom. The van der Waals surface area contributed by atoms with Crippen LogP contribution < -0.4 is 0 Å². The molecule has 0 aromatic carbocycles. The molecule has 1 unspecified atom stereocenters. The molecule has 1 rings (SSSR count). The number of rotatable bonds is 6.